The van der Waals surface area contributed by atoms with Gasteiger partial charge in [-0.3, -0.25) is 4.79 Å². The summed E-state index contributed by atoms with van der Waals surface area (Å²) >= 11 is 0. The van der Waals surface area contributed by atoms with Crippen LogP contribution >= 0.6 is 0 Å². The summed E-state index contributed by atoms with van der Waals surface area (Å²) in [5.74, 6) is 1.53. The van der Waals surface area contributed by atoms with Crippen LogP contribution in [0.4, 0.5) is 0 Å². The van der Waals surface area contributed by atoms with Gasteiger partial charge in [0.25, 0.3) is 0 Å². The number of hydrogen-bond donors (Lipinski definition) is 0. The van der Waals surface area contributed by atoms with Crippen LogP contribution in [0.2, 0.25) is 0 Å². The van der Waals surface area contributed by atoms with Gasteiger partial charge in [0.2, 0.25) is 5.91 Å². The van der Waals surface area contributed by atoms with Crippen LogP contribution in [0.5, 0.6) is 5.75 Å². The number of rotatable bonds is 2. The normalized spacial score (nSPS) is 19.6. The van der Waals surface area contributed by atoms with Gasteiger partial charge in [0.15, 0.2) is 0 Å². The molecule has 3 rings (SSSR count). The number of benzene rings is 1. The predicted molar refractivity (Wildman–Crippen MR) is 78.7 cm³/mol. The highest BCUT2D eigenvalue weighted by Gasteiger charge is 2.28. The fraction of sp³-hybridized carbons (Fsp3) is 0.588. The minimum atomic E-state index is 0.274. The highest BCUT2D eigenvalue weighted by Crippen LogP contribution is 2.29. The second kappa shape index (κ2) is 5.86. The maximum Gasteiger partial charge on any atom is 0.225 e. The second-order valence-corrected chi connectivity index (χ2v) is 5.98. The minimum Gasteiger partial charge on any atom is -0.497 e. The summed E-state index contributed by atoms with van der Waals surface area (Å²) in [4.78, 5) is 14.7. The zero-order valence-corrected chi connectivity index (χ0v) is 12.2. The number of nitrogens with zero attached hydrogens (tertiary/aromatic N) is 1. The first-order valence-corrected chi connectivity index (χ1v) is 7.72. The van der Waals surface area contributed by atoms with Gasteiger partial charge < -0.3 is 9.64 Å². The molecule has 0 aromatic heterocycles. The van der Waals surface area contributed by atoms with E-state index in [-0.39, 0.29) is 5.92 Å². The third-order valence-electron chi connectivity index (χ3n) is 4.69. The van der Waals surface area contributed by atoms with E-state index in [1.165, 1.54) is 30.4 Å². The summed E-state index contributed by atoms with van der Waals surface area (Å²) in [6, 6.07) is 6.23. The van der Waals surface area contributed by atoms with E-state index in [0.29, 0.717) is 5.91 Å². The summed E-state index contributed by atoms with van der Waals surface area (Å²) in [5, 5.41) is 0. The quantitative estimate of drug-likeness (QED) is 0.828. The van der Waals surface area contributed by atoms with Crippen molar-refractivity contribution in [2.24, 2.45) is 5.92 Å². The van der Waals surface area contributed by atoms with Crippen LogP contribution in [0.25, 0.3) is 0 Å². The highest BCUT2D eigenvalue weighted by atomic mass is 16.5. The Morgan fingerprint density at radius 3 is 2.75 bits per heavy atom. The van der Waals surface area contributed by atoms with Crippen molar-refractivity contribution in [1.82, 2.24) is 4.90 Å². The second-order valence-electron chi connectivity index (χ2n) is 5.98. The van der Waals surface area contributed by atoms with E-state index in [0.717, 1.165) is 38.1 Å². The van der Waals surface area contributed by atoms with E-state index in [4.69, 9.17) is 4.74 Å². The van der Waals surface area contributed by atoms with Gasteiger partial charge in [-0.05, 0) is 42.5 Å². The Hall–Kier alpha value is -1.51. The molecule has 0 spiro atoms. The number of hydrogen-bond acceptors (Lipinski definition) is 2. The smallest absolute Gasteiger partial charge is 0.225 e. The van der Waals surface area contributed by atoms with E-state index in [2.05, 4.69) is 17.0 Å². The lowest BCUT2D eigenvalue weighted by Crippen LogP contribution is -2.40. The van der Waals surface area contributed by atoms with Gasteiger partial charge >= 0.3 is 0 Å². The van der Waals surface area contributed by atoms with Crippen molar-refractivity contribution in [2.75, 3.05) is 13.7 Å². The van der Waals surface area contributed by atoms with Crippen molar-refractivity contribution >= 4 is 5.91 Å². The Bertz CT molecular complexity index is 492. The van der Waals surface area contributed by atoms with Gasteiger partial charge in [-0.25, -0.2) is 0 Å². The van der Waals surface area contributed by atoms with Crippen molar-refractivity contribution in [3.05, 3.63) is 29.3 Å². The summed E-state index contributed by atoms with van der Waals surface area (Å²) in [6.07, 6.45) is 6.87. The highest BCUT2D eigenvalue weighted by molar-refractivity contribution is 5.79. The molecule has 1 fully saturated rings. The Morgan fingerprint density at radius 1 is 1.20 bits per heavy atom. The average Bonchev–Trinajstić information content (AvgIpc) is 2.54. The molecule has 1 aliphatic carbocycles. The Kier molecular flexibility index (Phi) is 3.95. The molecule has 20 heavy (non-hydrogen) atoms. The first-order chi connectivity index (χ1) is 9.78. The van der Waals surface area contributed by atoms with Crippen LogP contribution in [0.1, 0.15) is 43.2 Å². The average molecular weight is 273 g/mol. The molecule has 0 saturated heterocycles. The van der Waals surface area contributed by atoms with Crippen LogP contribution in [-0.4, -0.2) is 24.5 Å². The molecule has 1 aromatic rings. The molecule has 108 valence electrons. The number of carbonyl (C=O) groups excluding carboxylic acids is 1. The molecule has 0 unspecified atom stereocenters. The topological polar surface area (TPSA) is 29.5 Å². The number of amides is 1. The van der Waals surface area contributed by atoms with Crippen LogP contribution in [0, 0.1) is 5.92 Å². The third kappa shape index (κ3) is 2.67. The largest absolute Gasteiger partial charge is 0.497 e. The fourth-order valence-electron chi connectivity index (χ4n) is 3.46. The van der Waals surface area contributed by atoms with Crippen molar-refractivity contribution in [3.63, 3.8) is 0 Å². The molecule has 3 heteroatoms. The zero-order chi connectivity index (χ0) is 13.9. The number of methoxy groups -OCH3 is 1. The Balaban J connectivity index is 1.72. The molecule has 0 bridgehead atoms. The molecule has 0 radical (unpaired) electrons. The molecule has 1 amide bonds. The molecular weight excluding hydrogens is 250 g/mol. The maximum atomic E-state index is 12.6. The van der Waals surface area contributed by atoms with Gasteiger partial charge in [-0.15, -0.1) is 0 Å². The molecule has 1 saturated carbocycles. The molecule has 1 heterocycles. The number of fused-ring (bicyclic) bond motifs is 1. The van der Waals surface area contributed by atoms with Crippen molar-refractivity contribution in [3.8, 4) is 5.75 Å². The Morgan fingerprint density at radius 2 is 2.00 bits per heavy atom. The minimum absolute atomic E-state index is 0.274. The predicted octanol–water partition coefficient (Wildman–Crippen LogP) is 3.16. The molecular formula is C17H23NO2. The van der Waals surface area contributed by atoms with Crippen molar-refractivity contribution in [2.45, 2.75) is 45.1 Å². The summed E-state index contributed by atoms with van der Waals surface area (Å²) in [6.45, 7) is 1.62. The van der Waals surface area contributed by atoms with Crippen LogP contribution in [-0.2, 0) is 17.8 Å². The van der Waals surface area contributed by atoms with Gasteiger partial charge in [0.05, 0.1) is 7.11 Å². The van der Waals surface area contributed by atoms with E-state index < -0.39 is 0 Å². The molecule has 0 N–H and O–H groups in total. The zero-order valence-electron chi connectivity index (χ0n) is 12.2. The van der Waals surface area contributed by atoms with Gasteiger partial charge in [-0.1, -0.05) is 25.3 Å². The summed E-state index contributed by atoms with van der Waals surface area (Å²) in [5.41, 5.74) is 2.61. The maximum absolute atomic E-state index is 12.6. The molecule has 1 aromatic carbocycles. The molecule has 3 nitrogen and oxygen atoms in total. The lowest BCUT2D eigenvalue weighted by molar-refractivity contribution is -0.137. The van der Waals surface area contributed by atoms with E-state index in [1.54, 1.807) is 7.11 Å². The summed E-state index contributed by atoms with van der Waals surface area (Å²) < 4.78 is 5.29. The van der Waals surface area contributed by atoms with Crippen LogP contribution in [0.15, 0.2) is 18.2 Å². The standard InChI is InChI=1S/C17H23NO2/c1-20-16-8-7-13-9-10-18(12-15(13)11-16)17(19)14-5-3-2-4-6-14/h7-8,11,14H,2-6,9-10,12H2,1H3. The first-order valence-electron chi connectivity index (χ1n) is 7.72. The van der Waals surface area contributed by atoms with Gasteiger partial charge in [-0.2, -0.15) is 0 Å². The molecule has 1 aliphatic heterocycles. The fourth-order valence-corrected chi connectivity index (χ4v) is 3.46. The third-order valence-corrected chi connectivity index (χ3v) is 4.69. The van der Waals surface area contributed by atoms with Crippen LogP contribution in [0.3, 0.4) is 0 Å². The molecule has 2 aliphatic rings. The number of carbonyl (C=O) groups is 1. The number of ether oxygens (including phenoxy) is 1. The van der Waals surface area contributed by atoms with Crippen LogP contribution < -0.4 is 4.74 Å². The Labute approximate surface area is 120 Å². The lowest BCUT2D eigenvalue weighted by Gasteiger charge is -2.33. The van der Waals surface area contributed by atoms with E-state index in [1.807, 2.05) is 6.07 Å². The first kappa shape index (κ1) is 13.5. The summed E-state index contributed by atoms with van der Waals surface area (Å²) in [7, 11) is 1.69. The van der Waals surface area contributed by atoms with E-state index in [9.17, 15) is 4.79 Å². The SMILES string of the molecule is COc1ccc2c(c1)CN(C(=O)C1CCCCC1)CC2. The van der Waals surface area contributed by atoms with E-state index >= 15 is 0 Å². The van der Waals surface area contributed by atoms with Crippen molar-refractivity contribution in [1.29, 1.82) is 0 Å². The van der Waals surface area contributed by atoms with Gasteiger partial charge in [0.1, 0.15) is 5.75 Å². The van der Waals surface area contributed by atoms with Crippen molar-refractivity contribution < 1.29 is 9.53 Å². The molecule has 0 atom stereocenters. The van der Waals surface area contributed by atoms with Gasteiger partial charge in [0, 0.05) is 19.0 Å². The lowest BCUT2D eigenvalue weighted by atomic mass is 9.87. The monoisotopic (exact) mass is 273 g/mol.